The number of fused-ring (bicyclic) bond motifs is 2. The highest BCUT2D eigenvalue weighted by molar-refractivity contribution is 7.20. The van der Waals surface area contributed by atoms with E-state index in [0.717, 1.165) is 32.8 Å². The van der Waals surface area contributed by atoms with Crippen LogP contribution in [0.4, 0.5) is 5.82 Å². The van der Waals surface area contributed by atoms with Crippen molar-refractivity contribution in [2.75, 3.05) is 18.5 Å². The van der Waals surface area contributed by atoms with E-state index in [-0.39, 0.29) is 18.4 Å². The molecule has 0 fully saturated rings. The molecule has 3 heterocycles. The molecule has 1 aliphatic heterocycles. The van der Waals surface area contributed by atoms with Gasteiger partial charge in [-0.15, -0.1) is 6.42 Å². The first kappa shape index (κ1) is 21.0. The molecule has 0 bridgehead atoms. The van der Waals surface area contributed by atoms with Crippen molar-refractivity contribution in [1.82, 2.24) is 14.8 Å². The number of anilines is 1. The molecule has 0 spiro atoms. The first-order valence-corrected chi connectivity index (χ1v) is 11.5. The maximum absolute atomic E-state index is 12.7. The molecule has 0 saturated heterocycles. The maximum atomic E-state index is 12.7. The van der Waals surface area contributed by atoms with E-state index in [1.165, 1.54) is 11.3 Å². The Bertz CT molecular complexity index is 1400. The fourth-order valence-corrected chi connectivity index (χ4v) is 5.11. The predicted molar refractivity (Wildman–Crippen MR) is 129 cm³/mol. The minimum Gasteiger partial charge on any atom is -0.494 e. The lowest BCUT2D eigenvalue weighted by atomic mass is 9.86. The molecule has 1 aliphatic rings. The van der Waals surface area contributed by atoms with Gasteiger partial charge in [0.2, 0.25) is 11.0 Å². The summed E-state index contributed by atoms with van der Waals surface area (Å²) < 4.78 is 13.9. The second-order valence-electron chi connectivity index (χ2n) is 7.69. The van der Waals surface area contributed by atoms with Gasteiger partial charge < -0.3 is 14.8 Å². The summed E-state index contributed by atoms with van der Waals surface area (Å²) in [6.45, 7) is 4.71. The number of thiazole rings is 1. The molecular weight excluding hydrogens is 436 g/mol. The molecule has 7 nitrogen and oxygen atoms in total. The van der Waals surface area contributed by atoms with Crippen molar-refractivity contribution in [3.05, 3.63) is 59.3 Å². The number of carbonyl (C=O) groups excluding carboxylic acids is 1. The molecule has 4 aromatic rings. The van der Waals surface area contributed by atoms with E-state index in [1.54, 1.807) is 4.68 Å². The number of ether oxygens (including phenoxy) is 2. The second-order valence-corrected chi connectivity index (χ2v) is 8.70. The van der Waals surface area contributed by atoms with Crippen LogP contribution in [-0.2, 0) is 4.79 Å². The Kier molecular flexibility index (Phi) is 5.48. The number of carbonyl (C=O) groups is 1. The average molecular weight is 459 g/mol. The van der Waals surface area contributed by atoms with E-state index >= 15 is 0 Å². The fourth-order valence-electron chi connectivity index (χ4n) is 4.16. The summed E-state index contributed by atoms with van der Waals surface area (Å²) in [4.78, 5) is 17.5. The number of terminal acetylenes is 1. The van der Waals surface area contributed by atoms with Gasteiger partial charge in [-0.05, 0) is 49.7 Å². The smallest absolute Gasteiger partial charge is 0.226 e. The summed E-state index contributed by atoms with van der Waals surface area (Å²) in [7, 11) is 0. The van der Waals surface area contributed by atoms with Crippen LogP contribution in [0.5, 0.6) is 11.5 Å². The molecule has 5 rings (SSSR count). The normalized spacial score (nSPS) is 15.1. The van der Waals surface area contributed by atoms with Crippen LogP contribution >= 0.6 is 11.3 Å². The minimum atomic E-state index is -0.143. The number of rotatable bonds is 6. The quantitative estimate of drug-likeness (QED) is 0.425. The van der Waals surface area contributed by atoms with E-state index in [0.29, 0.717) is 29.7 Å². The molecule has 1 atom stereocenters. The van der Waals surface area contributed by atoms with Gasteiger partial charge in [0.25, 0.3) is 0 Å². The lowest BCUT2D eigenvalue weighted by Crippen LogP contribution is -2.25. The number of hydrogen-bond acceptors (Lipinski definition) is 6. The molecule has 0 aliphatic carbocycles. The summed E-state index contributed by atoms with van der Waals surface area (Å²) in [6, 6.07) is 13.5. The third-order valence-electron chi connectivity index (χ3n) is 5.53. The largest absolute Gasteiger partial charge is 0.494 e. The summed E-state index contributed by atoms with van der Waals surface area (Å²) in [5, 5.41) is 8.47. The van der Waals surface area contributed by atoms with Crippen molar-refractivity contribution in [2.45, 2.75) is 26.2 Å². The highest BCUT2D eigenvalue weighted by Crippen LogP contribution is 2.42. The van der Waals surface area contributed by atoms with Crippen LogP contribution in [0.3, 0.4) is 0 Å². The highest BCUT2D eigenvalue weighted by Gasteiger charge is 2.33. The summed E-state index contributed by atoms with van der Waals surface area (Å²) >= 11 is 1.51. The first-order valence-electron chi connectivity index (χ1n) is 10.7. The van der Waals surface area contributed by atoms with Crippen molar-refractivity contribution in [3.63, 3.8) is 0 Å². The van der Waals surface area contributed by atoms with Gasteiger partial charge in [0.05, 0.1) is 22.5 Å². The zero-order valence-corrected chi connectivity index (χ0v) is 19.1. The number of nitrogens with one attached hydrogen (secondary N) is 1. The van der Waals surface area contributed by atoms with E-state index in [1.807, 2.05) is 56.3 Å². The van der Waals surface area contributed by atoms with Crippen LogP contribution in [0.15, 0.2) is 42.5 Å². The lowest BCUT2D eigenvalue weighted by molar-refractivity contribution is -0.116. The van der Waals surface area contributed by atoms with E-state index in [2.05, 4.69) is 11.2 Å². The number of aryl methyl sites for hydroxylation is 1. The van der Waals surface area contributed by atoms with Crippen molar-refractivity contribution in [1.29, 1.82) is 0 Å². The van der Waals surface area contributed by atoms with Crippen molar-refractivity contribution >= 4 is 33.3 Å². The summed E-state index contributed by atoms with van der Waals surface area (Å²) in [6.07, 6.45) is 5.65. The van der Waals surface area contributed by atoms with E-state index in [9.17, 15) is 4.79 Å². The first-order chi connectivity index (χ1) is 16.1. The van der Waals surface area contributed by atoms with Crippen LogP contribution in [-0.4, -0.2) is 33.9 Å². The highest BCUT2D eigenvalue weighted by atomic mass is 32.1. The van der Waals surface area contributed by atoms with Gasteiger partial charge in [-0.25, -0.2) is 4.98 Å². The Morgan fingerprint density at radius 1 is 1.24 bits per heavy atom. The van der Waals surface area contributed by atoms with Gasteiger partial charge in [0.15, 0.2) is 0 Å². The number of hydrogen-bond donors (Lipinski definition) is 1. The van der Waals surface area contributed by atoms with E-state index in [4.69, 9.17) is 26.0 Å². The number of benzene rings is 2. The zero-order valence-electron chi connectivity index (χ0n) is 18.3. The Morgan fingerprint density at radius 3 is 2.91 bits per heavy atom. The topological polar surface area (TPSA) is 78.3 Å². The van der Waals surface area contributed by atoms with Crippen LogP contribution in [0, 0.1) is 19.3 Å². The summed E-state index contributed by atoms with van der Waals surface area (Å²) in [5.74, 6) is 4.41. The Labute approximate surface area is 195 Å². The van der Waals surface area contributed by atoms with Crippen LogP contribution in [0.25, 0.3) is 15.3 Å². The fraction of sp³-hybridized carbons (Fsp3) is 0.240. The summed E-state index contributed by atoms with van der Waals surface area (Å²) in [5.41, 5.74) is 3.67. The van der Waals surface area contributed by atoms with Gasteiger partial charge in [-0.2, -0.15) is 9.78 Å². The maximum Gasteiger partial charge on any atom is 0.226 e. The molecule has 1 N–H and O–H groups in total. The second kappa shape index (κ2) is 8.60. The van der Waals surface area contributed by atoms with Gasteiger partial charge in [-0.3, -0.25) is 4.79 Å². The zero-order chi connectivity index (χ0) is 22.9. The molecule has 1 unspecified atom stereocenters. The number of nitrogens with zero attached hydrogens (tertiary/aromatic N) is 3. The van der Waals surface area contributed by atoms with Crippen molar-refractivity contribution in [3.8, 4) is 29.0 Å². The molecule has 2 aromatic heterocycles. The monoisotopic (exact) mass is 458 g/mol. The molecule has 0 saturated carbocycles. The Hall–Kier alpha value is -3.83. The lowest BCUT2D eigenvalue weighted by Gasteiger charge is -2.24. The molecular formula is C25H22N4O3S. The minimum absolute atomic E-state index is 0.0664. The molecule has 1 amide bonds. The molecule has 0 radical (unpaired) electrons. The molecule has 166 valence electrons. The van der Waals surface area contributed by atoms with Crippen molar-refractivity contribution < 1.29 is 14.3 Å². The predicted octanol–water partition coefficient (Wildman–Crippen LogP) is 4.68. The van der Waals surface area contributed by atoms with Crippen molar-refractivity contribution in [2.24, 2.45) is 0 Å². The molecule has 33 heavy (non-hydrogen) atoms. The number of aromatic nitrogens is 3. The third-order valence-corrected chi connectivity index (χ3v) is 6.52. The number of amides is 1. The standard InChI is InChI=1S/C25H22N4O3S/c1-4-11-32-17-8-6-7-16(12-17)19-14-22(30)27-24-23(19)15(3)28-29(24)25-26-20-10-9-18(31-5-2)13-21(20)33-25/h1,6-10,12-13,19H,5,11,14H2,2-3H3,(H,27,30). The van der Waals surface area contributed by atoms with Crippen LogP contribution < -0.4 is 14.8 Å². The van der Waals surface area contributed by atoms with Crippen LogP contribution in [0.1, 0.15) is 36.1 Å². The third kappa shape index (κ3) is 3.92. The van der Waals surface area contributed by atoms with Gasteiger partial charge >= 0.3 is 0 Å². The Morgan fingerprint density at radius 2 is 2.09 bits per heavy atom. The molecule has 2 aromatic carbocycles. The van der Waals surface area contributed by atoms with Gasteiger partial charge in [-0.1, -0.05) is 29.4 Å². The average Bonchev–Trinajstić information content (AvgIpc) is 3.38. The SMILES string of the molecule is C#CCOc1cccc(C2CC(=O)Nc3c2c(C)nn3-c2nc3ccc(OCC)cc3s2)c1. The Balaban J connectivity index is 1.57. The van der Waals surface area contributed by atoms with Gasteiger partial charge in [0, 0.05) is 17.9 Å². The van der Waals surface area contributed by atoms with E-state index < -0.39 is 0 Å². The van der Waals surface area contributed by atoms with Crippen LogP contribution in [0.2, 0.25) is 0 Å². The molecule has 8 heteroatoms. The van der Waals surface area contributed by atoms with Gasteiger partial charge in [0.1, 0.15) is 23.9 Å².